The largest absolute Gasteiger partial charge is 0.495 e. The molecule has 5 atom stereocenters. The van der Waals surface area contributed by atoms with Crippen LogP contribution in [0.15, 0.2) is 151 Å². The van der Waals surface area contributed by atoms with Crippen molar-refractivity contribution >= 4 is 160 Å². The third-order valence-corrected chi connectivity index (χ3v) is 20.3. The maximum Gasteiger partial charge on any atom is 0.251 e. The summed E-state index contributed by atoms with van der Waals surface area (Å²) in [7, 11) is 2.92. The summed E-state index contributed by atoms with van der Waals surface area (Å²) in [5.41, 5.74) is 4.05. The van der Waals surface area contributed by atoms with Crippen molar-refractivity contribution in [1.82, 2.24) is 10.3 Å². The average molecular weight is 1700 g/mol. The van der Waals surface area contributed by atoms with Gasteiger partial charge in [-0.25, -0.2) is 4.21 Å². The Kier molecular flexibility index (Phi) is 45.2. The molecule has 0 aliphatic rings. The van der Waals surface area contributed by atoms with E-state index in [-0.39, 0.29) is 38.7 Å². The van der Waals surface area contributed by atoms with Gasteiger partial charge in [-0.1, -0.05) is 192 Å². The van der Waals surface area contributed by atoms with E-state index in [1.54, 1.807) is 79.0 Å². The van der Waals surface area contributed by atoms with Crippen LogP contribution in [0, 0.1) is 6.92 Å². The summed E-state index contributed by atoms with van der Waals surface area (Å²) in [6, 6.07) is 39.2. The number of nitrogens with one attached hydrogen (secondary N) is 6. The molecule has 0 aliphatic carbocycles. The fourth-order valence-electron chi connectivity index (χ4n) is 10.2. The molecular weight excluding hydrogens is 1600 g/mol. The van der Waals surface area contributed by atoms with Crippen LogP contribution in [0.5, 0.6) is 28.7 Å². The molecule has 0 saturated carbocycles. The van der Waals surface area contributed by atoms with Gasteiger partial charge in [0.15, 0.2) is 38.3 Å². The quantitative estimate of drug-likeness (QED) is 0.00896. The number of ether oxygens (including phenoxy) is 4. The van der Waals surface area contributed by atoms with Crippen LogP contribution >= 0.6 is 73.9 Å². The van der Waals surface area contributed by atoms with E-state index in [0.717, 1.165) is 36.8 Å². The van der Waals surface area contributed by atoms with E-state index in [4.69, 9.17) is 81.1 Å². The van der Waals surface area contributed by atoms with Crippen LogP contribution in [-0.4, -0.2) is 110 Å². The normalized spacial score (nSPS) is 11.9. The van der Waals surface area contributed by atoms with E-state index in [0.29, 0.717) is 70.5 Å². The van der Waals surface area contributed by atoms with Crippen molar-refractivity contribution < 1.29 is 70.5 Å². The minimum atomic E-state index is -1.88. The second-order valence-corrected chi connectivity index (χ2v) is 29.6. The highest BCUT2D eigenvalue weighted by Gasteiger charge is 2.28. The van der Waals surface area contributed by atoms with Crippen LogP contribution in [0.2, 0.25) is 10.0 Å². The Labute approximate surface area is 681 Å². The summed E-state index contributed by atoms with van der Waals surface area (Å²) in [6.45, 7) is 11.8. The van der Waals surface area contributed by atoms with E-state index in [1.165, 1.54) is 155 Å². The van der Waals surface area contributed by atoms with E-state index in [2.05, 4.69) is 61.3 Å². The van der Waals surface area contributed by atoms with Gasteiger partial charge >= 0.3 is 0 Å². The van der Waals surface area contributed by atoms with Gasteiger partial charge in [-0.2, -0.15) is 0 Å². The van der Waals surface area contributed by atoms with Gasteiger partial charge in [-0.3, -0.25) is 43.2 Å². The van der Waals surface area contributed by atoms with E-state index in [9.17, 15) is 47.4 Å². The lowest BCUT2D eigenvalue weighted by Crippen LogP contribution is -2.31. The molecule has 0 radical (unpaired) electrons. The van der Waals surface area contributed by atoms with Gasteiger partial charge in [0.25, 0.3) is 11.8 Å². The summed E-state index contributed by atoms with van der Waals surface area (Å²) >= 11 is 30.9. The molecule has 0 spiro atoms. The van der Waals surface area contributed by atoms with E-state index in [1.807, 2.05) is 43.3 Å². The first-order valence-electron chi connectivity index (χ1n) is 36.4. The van der Waals surface area contributed by atoms with Crippen molar-refractivity contribution in [2.45, 2.75) is 190 Å². The minimum absolute atomic E-state index is 0.216. The van der Waals surface area contributed by atoms with Crippen molar-refractivity contribution in [3.05, 3.63) is 178 Å². The third kappa shape index (κ3) is 35.4. The maximum absolute atomic E-state index is 12.7. The topological polar surface area (TPSA) is 293 Å². The molecule has 0 aliphatic heterocycles. The molecule has 0 saturated heterocycles. The predicted octanol–water partition coefficient (Wildman–Crippen LogP) is 19.5. The van der Waals surface area contributed by atoms with Crippen molar-refractivity contribution in [1.29, 1.82) is 0 Å². The molecule has 596 valence electrons. The van der Waals surface area contributed by atoms with Gasteiger partial charge in [-0.05, 0) is 155 Å². The predicted molar refractivity (Wildman–Crippen MR) is 443 cm³/mol. The Morgan fingerprint density at radius 1 is 0.491 bits per heavy atom. The van der Waals surface area contributed by atoms with Gasteiger partial charge < -0.3 is 54.7 Å². The number of aromatic nitrogens is 1. The summed E-state index contributed by atoms with van der Waals surface area (Å²) in [5, 5.41) is 10.0. The number of aromatic amines is 1. The number of unbranched alkanes of at least 4 members (excludes halogenated alkanes) is 16. The Bertz CT molecular complexity index is 4090. The number of rotatable bonds is 43. The first-order valence-corrected chi connectivity index (χ1v) is 40.5. The number of halogens is 6. The number of amides is 5. The number of carbonyl (C=O) groups is 9. The Morgan fingerprint density at radius 2 is 0.991 bits per heavy atom. The zero-order valence-corrected chi connectivity index (χ0v) is 69.5. The van der Waals surface area contributed by atoms with Crippen LogP contribution in [0.3, 0.4) is 0 Å². The molecule has 1 heterocycles. The molecule has 7 aromatic rings. The Hall–Kier alpha value is -8.29. The number of methoxy groups -OCH3 is 2. The number of Topliss-reactive ketones (excluding diaryl/α,β-unsaturated/α-hetero) is 4. The monoisotopic (exact) mass is 1690 g/mol. The fourth-order valence-corrected chi connectivity index (χ4v) is 11.7. The van der Waals surface area contributed by atoms with E-state index < -0.39 is 73.0 Å². The lowest BCUT2D eigenvalue weighted by molar-refractivity contribution is -0.125. The third-order valence-electron chi connectivity index (χ3n) is 16.3. The molecule has 0 fully saturated rings. The Balaban J connectivity index is 0.000000318. The molecule has 21 nitrogen and oxygen atoms in total. The van der Waals surface area contributed by atoms with Gasteiger partial charge in [-0.15, -0.1) is 34.8 Å². The van der Waals surface area contributed by atoms with Crippen molar-refractivity contribution in [2.75, 3.05) is 48.6 Å². The summed E-state index contributed by atoms with van der Waals surface area (Å²) < 4.78 is 40.1. The van der Waals surface area contributed by atoms with Crippen molar-refractivity contribution in [3.63, 3.8) is 0 Å². The van der Waals surface area contributed by atoms with Gasteiger partial charge in [0.2, 0.25) is 34.6 Å². The second-order valence-electron chi connectivity index (χ2n) is 25.4. The smallest absolute Gasteiger partial charge is 0.251 e. The zero-order valence-electron chi connectivity index (χ0n) is 63.3. The van der Waals surface area contributed by atoms with Crippen molar-refractivity contribution in [3.8, 4) is 28.7 Å². The maximum atomic E-state index is 12.7. The SMILES string of the molecule is CCCCCCCCCCCCNC(=O)c1ccc(Cl)c(NC(=O)C(Cl)C(=O)c2ccc[nH]2)c1.CCCCCCCCCCOc1ccc(Cl)cc1NC(=O)C(Br)C(C)=O.COc1ccc(C)cc1NC(=O)C(Cl)C(C)=O.COc1ccc(S(=O)Oc2ccc(OCc3ccccc3)cc2)cc1NC(=O)C(Cl)C(C)=O. The average Bonchev–Trinajstić information content (AvgIpc) is 0.868. The number of hydrogen-bond acceptors (Lipinski definition) is 15. The number of hydrogen-bond donors (Lipinski definition) is 6. The molecule has 28 heteroatoms. The highest BCUT2D eigenvalue weighted by atomic mass is 79.9. The number of benzene rings is 6. The van der Waals surface area contributed by atoms with Crippen LogP contribution in [-0.2, 0) is 51.2 Å². The van der Waals surface area contributed by atoms with E-state index >= 15 is 0 Å². The molecular formula is C82H100BrCl5N6O15S. The van der Waals surface area contributed by atoms with Crippen LogP contribution in [0.1, 0.15) is 182 Å². The highest BCUT2D eigenvalue weighted by molar-refractivity contribution is 9.10. The molecule has 5 unspecified atom stereocenters. The first-order chi connectivity index (χ1) is 52.7. The standard InChI is InChI=1S/C26H35Cl2N3O3.C24H22ClNO6S.C20H29BrClNO3.C12H14ClNO3/c1-2-3-4-5-6-7-8-9-10-11-16-30-25(33)19-14-15-20(27)22(18-19)31-26(34)23(28)24(32)21-13-12-17-29-21;1-16(27)23(25)24(28)26-21-14-20(12-13-22(21)30-2)33(29)32-19-10-8-18(9-11-19)31-15-17-6-4-3-5-7-17;1-3-4-5-6-7-8-9-10-13-26-18-12-11-16(22)14-17(18)23-20(25)19(21)15(2)24;1-7-4-5-10(17-3)9(6-7)14-12(16)11(13)8(2)15/h12-15,17-18,23,29H,2-11,16H2,1H3,(H,30,33)(H,31,34);3-14,23H,15H2,1-2H3,(H,26,28);11-12,14,19H,3-10,13H2,1-2H3,(H,23,25);4-6,11H,1-3H3,(H,14,16). The lowest BCUT2D eigenvalue weighted by Gasteiger charge is -2.14. The molecule has 6 aromatic carbocycles. The number of anilines is 4. The summed E-state index contributed by atoms with van der Waals surface area (Å²) in [6.07, 6.45) is 23.8. The molecule has 0 bridgehead atoms. The second kappa shape index (κ2) is 52.8. The number of ketones is 4. The van der Waals surface area contributed by atoms with Gasteiger partial charge in [0.1, 0.15) is 35.4 Å². The number of H-pyrrole nitrogens is 1. The molecule has 5 amide bonds. The fraction of sp³-hybridized carbons (Fsp3) is 0.402. The number of carbonyl (C=O) groups excluding carboxylic acids is 9. The van der Waals surface area contributed by atoms with Crippen LogP contribution in [0.25, 0.3) is 0 Å². The zero-order chi connectivity index (χ0) is 80.9. The highest BCUT2D eigenvalue weighted by Crippen LogP contribution is 2.32. The summed E-state index contributed by atoms with van der Waals surface area (Å²) in [4.78, 5) is 109. The van der Waals surface area contributed by atoms with Gasteiger partial charge in [0.05, 0.1) is 59.2 Å². The molecule has 110 heavy (non-hydrogen) atoms. The molecule has 6 N–H and O–H groups in total. The summed E-state index contributed by atoms with van der Waals surface area (Å²) in [5.74, 6) is -1.93. The lowest BCUT2D eigenvalue weighted by atomic mass is 10.1. The Morgan fingerprint density at radius 3 is 1.54 bits per heavy atom. The van der Waals surface area contributed by atoms with Crippen LogP contribution < -0.4 is 49.7 Å². The number of aryl methyl sites for hydroxylation is 1. The first kappa shape index (κ1) is 94.1. The number of alkyl halides is 4. The molecule has 1 aromatic heterocycles. The van der Waals surface area contributed by atoms with Gasteiger partial charge in [0, 0.05) is 23.3 Å². The molecule has 7 rings (SSSR count). The minimum Gasteiger partial charge on any atom is -0.495 e. The van der Waals surface area contributed by atoms with Crippen molar-refractivity contribution in [2.24, 2.45) is 0 Å². The van der Waals surface area contributed by atoms with Crippen LogP contribution in [0.4, 0.5) is 22.7 Å².